The van der Waals surface area contributed by atoms with Gasteiger partial charge in [-0.25, -0.2) is 0 Å². The molecule has 1 heterocycles. The highest BCUT2D eigenvalue weighted by Crippen LogP contribution is 2.29. The van der Waals surface area contributed by atoms with E-state index in [1.54, 1.807) is 42.5 Å². The van der Waals surface area contributed by atoms with Crippen LogP contribution in [0, 0.1) is 5.92 Å². The fourth-order valence-electron chi connectivity index (χ4n) is 3.95. The molecule has 1 amide bonds. The molecular weight excluding hydrogens is 559 g/mol. The molecule has 212 valence electrons. The lowest BCUT2D eigenvalue weighted by atomic mass is 9.97. The molecule has 0 bridgehead atoms. The van der Waals surface area contributed by atoms with Crippen molar-refractivity contribution in [2.45, 2.75) is 43.9 Å². The number of nitrogens with one attached hydrogen (secondary N) is 2. The van der Waals surface area contributed by atoms with Crippen LogP contribution in [-0.4, -0.2) is 61.0 Å². The summed E-state index contributed by atoms with van der Waals surface area (Å²) >= 11 is 1.24. The molecule has 3 N–H and O–H groups in total. The molecular formula is C25H28F3N3O6S2. The maximum Gasteiger partial charge on any atom is 0.389 e. The smallest absolute Gasteiger partial charge is 0.389 e. The van der Waals surface area contributed by atoms with Crippen molar-refractivity contribution in [2.75, 3.05) is 17.6 Å². The first-order valence-corrected chi connectivity index (χ1v) is 14.3. The van der Waals surface area contributed by atoms with E-state index in [1.165, 1.54) is 31.0 Å². The lowest BCUT2D eigenvalue weighted by Crippen LogP contribution is -2.46. The van der Waals surface area contributed by atoms with Crippen LogP contribution < -0.4 is 10.0 Å². The van der Waals surface area contributed by atoms with Gasteiger partial charge in [-0.2, -0.15) is 21.6 Å². The van der Waals surface area contributed by atoms with Gasteiger partial charge in [0.15, 0.2) is 0 Å². The van der Waals surface area contributed by atoms with Crippen molar-refractivity contribution in [1.29, 1.82) is 0 Å². The van der Waals surface area contributed by atoms with Crippen LogP contribution in [0.15, 0.2) is 59.6 Å². The van der Waals surface area contributed by atoms with Crippen LogP contribution in [0.1, 0.15) is 24.0 Å². The predicted octanol–water partition coefficient (Wildman–Crippen LogP) is 3.82. The maximum absolute atomic E-state index is 13.3. The van der Waals surface area contributed by atoms with E-state index in [0.29, 0.717) is 16.4 Å². The Bertz CT molecular complexity index is 1270. The third kappa shape index (κ3) is 10.2. The topological polar surface area (TPSA) is 134 Å². The van der Waals surface area contributed by atoms with Gasteiger partial charge in [-0.3, -0.25) is 23.9 Å². The molecule has 2 aromatic carbocycles. The van der Waals surface area contributed by atoms with Crippen molar-refractivity contribution >= 4 is 44.7 Å². The van der Waals surface area contributed by atoms with E-state index >= 15 is 0 Å². The molecule has 1 unspecified atom stereocenters. The molecule has 0 fully saturated rings. The number of anilines is 1. The van der Waals surface area contributed by atoms with Gasteiger partial charge in [0.05, 0.1) is 29.9 Å². The Balaban J connectivity index is 1.82. The van der Waals surface area contributed by atoms with Crippen molar-refractivity contribution in [3.8, 4) is 0 Å². The van der Waals surface area contributed by atoms with Gasteiger partial charge in [0.1, 0.15) is 5.92 Å². The van der Waals surface area contributed by atoms with E-state index in [-0.39, 0.29) is 24.9 Å². The van der Waals surface area contributed by atoms with Gasteiger partial charge < -0.3 is 10.1 Å². The molecule has 1 aliphatic rings. The number of carbonyl (C=O) groups is 2. The number of methoxy groups -OCH3 is 1. The van der Waals surface area contributed by atoms with Crippen LogP contribution >= 0.6 is 11.8 Å². The minimum Gasteiger partial charge on any atom is -0.468 e. The predicted molar refractivity (Wildman–Crippen MR) is 142 cm³/mol. The van der Waals surface area contributed by atoms with E-state index in [4.69, 9.17) is 9.29 Å². The first-order valence-electron chi connectivity index (χ1n) is 11.9. The molecule has 0 saturated heterocycles. The van der Waals surface area contributed by atoms with Crippen LogP contribution in [0.2, 0.25) is 0 Å². The monoisotopic (exact) mass is 587 g/mol. The Labute approximate surface area is 228 Å². The van der Waals surface area contributed by atoms with Gasteiger partial charge in [-0.15, -0.1) is 11.8 Å². The van der Waals surface area contributed by atoms with Crippen LogP contribution in [0.3, 0.4) is 0 Å². The average Bonchev–Trinajstić information content (AvgIpc) is 3.35. The fraction of sp³-hybridized carbons (Fsp3) is 0.400. The molecule has 1 aliphatic heterocycles. The lowest BCUT2D eigenvalue weighted by molar-refractivity contribution is -0.150. The SMILES string of the molecule is COC(=O)[C@@H](Cc1ccccc1)C(=O)N[C@@H](Cc1ccc(NS(=O)(=O)O)cc1)C1=NC(CCC(F)(F)F)CS1. The number of hydrogen-bond acceptors (Lipinski definition) is 7. The molecule has 0 radical (unpaired) electrons. The van der Waals surface area contributed by atoms with Crippen molar-refractivity contribution < 1.29 is 40.5 Å². The van der Waals surface area contributed by atoms with Gasteiger partial charge in [0, 0.05) is 12.2 Å². The zero-order chi connectivity index (χ0) is 28.6. The second-order valence-electron chi connectivity index (χ2n) is 8.89. The van der Waals surface area contributed by atoms with E-state index in [0.717, 1.165) is 5.56 Å². The number of alkyl halides is 3. The van der Waals surface area contributed by atoms with Gasteiger partial charge in [-0.05, 0) is 42.5 Å². The number of halogens is 3. The molecule has 9 nitrogen and oxygen atoms in total. The van der Waals surface area contributed by atoms with Crippen LogP contribution in [0.5, 0.6) is 0 Å². The number of carbonyl (C=O) groups excluding carboxylic acids is 2. The number of nitrogens with zero attached hydrogens (tertiary/aromatic N) is 1. The van der Waals surface area contributed by atoms with Crippen molar-refractivity contribution in [2.24, 2.45) is 10.9 Å². The summed E-state index contributed by atoms with van der Waals surface area (Å²) in [5.74, 6) is -2.21. The Morgan fingerprint density at radius 3 is 2.33 bits per heavy atom. The standard InChI is InChI=1S/C25H28F3N3O6S2/c1-37-24(33)20(13-16-5-3-2-4-6-16)22(32)30-21(23-29-19(15-38-23)11-12-25(26,27)28)14-17-7-9-18(10-8-17)31-39(34,35)36/h2-10,19-21,31H,11-15H2,1H3,(H,30,32)(H,34,35,36)/t19?,20-,21-/m0/s1. The molecule has 3 rings (SSSR count). The van der Waals surface area contributed by atoms with Gasteiger partial charge in [0.2, 0.25) is 5.91 Å². The highest BCUT2D eigenvalue weighted by Gasteiger charge is 2.34. The molecule has 0 aromatic heterocycles. The molecule has 2 aromatic rings. The quantitative estimate of drug-likeness (QED) is 0.195. The second-order valence-corrected chi connectivity index (χ2v) is 11.1. The Kier molecular flexibility index (Phi) is 10.4. The summed E-state index contributed by atoms with van der Waals surface area (Å²) in [5.41, 5.74) is 1.48. The Hall–Kier alpha value is -3.10. The number of aliphatic imine (C=N–C) groups is 1. The van der Waals surface area contributed by atoms with E-state index in [1.807, 2.05) is 4.72 Å². The van der Waals surface area contributed by atoms with Crippen molar-refractivity contribution in [3.63, 3.8) is 0 Å². The van der Waals surface area contributed by atoms with Crippen molar-refractivity contribution in [1.82, 2.24) is 5.32 Å². The van der Waals surface area contributed by atoms with Gasteiger partial charge in [0.25, 0.3) is 0 Å². The minimum absolute atomic E-state index is 0.0793. The van der Waals surface area contributed by atoms with Gasteiger partial charge >= 0.3 is 22.4 Å². The zero-order valence-electron chi connectivity index (χ0n) is 20.8. The average molecular weight is 588 g/mol. The maximum atomic E-state index is 13.3. The second kappa shape index (κ2) is 13.3. The molecule has 0 spiro atoms. The summed E-state index contributed by atoms with van der Waals surface area (Å²) in [4.78, 5) is 30.3. The lowest BCUT2D eigenvalue weighted by Gasteiger charge is -2.22. The first kappa shape index (κ1) is 30.4. The minimum atomic E-state index is -4.46. The zero-order valence-corrected chi connectivity index (χ0v) is 22.5. The number of amides is 1. The molecule has 3 atom stereocenters. The van der Waals surface area contributed by atoms with Crippen LogP contribution in [0.4, 0.5) is 18.9 Å². The van der Waals surface area contributed by atoms with Crippen molar-refractivity contribution in [3.05, 3.63) is 65.7 Å². The summed E-state index contributed by atoms with van der Waals surface area (Å²) in [5, 5.41) is 3.25. The van der Waals surface area contributed by atoms with Gasteiger partial charge in [-0.1, -0.05) is 42.5 Å². The van der Waals surface area contributed by atoms with E-state index < -0.39 is 52.8 Å². The molecule has 39 heavy (non-hydrogen) atoms. The van der Waals surface area contributed by atoms with E-state index in [2.05, 4.69) is 10.3 Å². The van der Waals surface area contributed by atoms with Crippen LogP contribution in [-0.2, 0) is 37.5 Å². The number of ether oxygens (including phenoxy) is 1. The van der Waals surface area contributed by atoms with E-state index in [9.17, 15) is 31.2 Å². The summed E-state index contributed by atoms with van der Waals surface area (Å²) in [6.45, 7) is 0. The Morgan fingerprint density at radius 2 is 1.74 bits per heavy atom. The number of rotatable bonds is 12. The number of thioether (sulfide) groups is 1. The third-order valence-corrected chi connectivity index (χ3v) is 7.57. The summed E-state index contributed by atoms with van der Waals surface area (Å²) in [7, 11) is -3.29. The fourth-order valence-corrected chi connectivity index (χ4v) is 5.55. The highest BCUT2D eigenvalue weighted by atomic mass is 32.2. The van der Waals surface area contributed by atoms with Crippen LogP contribution in [0.25, 0.3) is 0 Å². The molecule has 0 aliphatic carbocycles. The number of esters is 1. The number of hydrogen-bond donors (Lipinski definition) is 3. The summed E-state index contributed by atoms with van der Waals surface area (Å²) < 4.78 is 76.0. The molecule has 14 heteroatoms. The molecule has 0 saturated carbocycles. The summed E-state index contributed by atoms with van der Waals surface area (Å²) in [6, 6.07) is 13.5. The largest absolute Gasteiger partial charge is 0.468 e. The summed E-state index contributed by atoms with van der Waals surface area (Å²) in [6.07, 6.45) is -5.23. The first-order chi connectivity index (χ1) is 18.3. The number of benzene rings is 2. The normalized spacial score (nSPS) is 17.2. The third-order valence-electron chi connectivity index (χ3n) is 5.83. The Morgan fingerprint density at radius 1 is 1.10 bits per heavy atom. The highest BCUT2D eigenvalue weighted by molar-refractivity contribution is 8.14.